The third-order valence-corrected chi connectivity index (χ3v) is 3.97. The van der Waals surface area contributed by atoms with Crippen molar-refractivity contribution in [1.82, 2.24) is 0 Å². The zero-order valence-corrected chi connectivity index (χ0v) is 9.75. The van der Waals surface area contributed by atoms with Gasteiger partial charge in [0, 0.05) is 0 Å². The number of esters is 1. The average molecular weight is 226 g/mol. The van der Waals surface area contributed by atoms with Gasteiger partial charge in [0.2, 0.25) is 0 Å². The summed E-state index contributed by atoms with van der Waals surface area (Å²) < 4.78 is 4.55. The number of carbonyl (C=O) groups is 1. The maximum absolute atomic E-state index is 10.9. The van der Waals surface area contributed by atoms with Gasteiger partial charge in [-0.15, -0.1) is 0 Å². The van der Waals surface area contributed by atoms with Crippen molar-refractivity contribution in [2.24, 2.45) is 0 Å². The number of hydrogen-bond acceptors (Lipinski definition) is 4. The minimum absolute atomic E-state index is 0.240. The number of methoxy groups -OCH3 is 1. The molecule has 0 saturated carbocycles. The van der Waals surface area contributed by atoms with Crippen LogP contribution in [0, 0.1) is 0 Å². The van der Waals surface area contributed by atoms with Gasteiger partial charge in [-0.2, -0.15) is 0 Å². The molecule has 0 aromatic rings. The van der Waals surface area contributed by atoms with E-state index in [1.165, 1.54) is 7.11 Å². The Morgan fingerprint density at radius 3 is 2.38 bits per heavy atom. The number of rotatable bonds is 6. The zero-order valence-electron chi connectivity index (χ0n) is 8.12. The molecule has 13 heavy (non-hydrogen) atoms. The highest BCUT2D eigenvalue weighted by atomic mass is 33.1. The highest BCUT2D eigenvalue weighted by molar-refractivity contribution is 8.76. The fourth-order valence-corrected chi connectivity index (χ4v) is 3.02. The van der Waals surface area contributed by atoms with Crippen LogP contribution in [0.25, 0.3) is 0 Å². The molecule has 0 aromatic carbocycles. The lowest BCUT2D eigenvalue weighted by Crippen LogP contribution is -2.66. The molecule has 6 heteroatoms. The molecule has 0 spiro atoms. The molecule has 4 nitrogen and oxygen atoms in total. The molecule has 2 atom stereocenters. The van der Waals surface area contributed by atoms with E-state index in [-0.39, 0.29) is 12.0 Å². The predicted octanol–water partition coefficient (Wildman–Crippen LogP) is -1.22. The molecule has 0 fully saturated rings. The SMILES string of the molecule is COC(=O)C([NH3+])CSSCC(C)[NH3+]. The lowest BCUT2D eigenvalue weighted by molar-refractivity contribution is -0.406. The molecule has 0 saturated heterocycles. The average Bonchev–Trinajstić information content (AvgIpc) is 2.10. The first-order valence-electron chi connectivity index (χ1n) is 4.06. The summed E-state index contributed by atoms with van der Waals surface area (Å²) in [5.74, 6) is 1.46. The van der Waals surface area contributed by atoms with E-state index in [0.717, 1.165) is 5.75 Å². The summed E-state index contributed by atoms with van der Waals surface area (Å²) in [6.07, 6.45) is 0. The molecular formula is C7H18N2O2S2+2. The van der Waals surface area contributed by atoms with Crippen molar-refractivity contribution in [3.8, 4) is 0 Å². The summed E-state index contributed by atoms with van der Waals surface area (Å²) in [6, 6.07) is 0.182. The number of carbonyl (C=O) groups excluding carboxylic acids is 1. The third kappa shape index (κ3) is 7.18. The Kier molecular flexibility index (Phi) is 7.54. The van der Waals surface area contributed by atoms with Gasteiger partial charge in [0.1, 0.15) is 0 Å². The monoisotopic (exact) mass is 226 g/mol. The van der Waals surface area contributed by atoms with Gasteiger partial charge in [0.05, 0.1) is 24.7 Å². The second-order valence-electron chi connectivity index (χ2n) is 2.89. The van der Waals surface area contributed by atoms with Crippen LogP contribution in [0.1, 0.15) is 6.92 Å². The first-order valence-corrected chi connectivity index (χ1v) is 6.55. The Bertz CT molecular complexity index is 155. The van der Waals surface area contributed by atoms with Crippen LogP contribution in [0.15, 0.2) is 0 Å². The Balaban J connectivity index is 3.37. The van der Waals surface area contributed by atoms with E-state index in [1.807, 2.05) is 0 Å². The number of quaternary nitrogens is 2. The summed E-state index contributed by atoms with van der Waals surface area (Å²) in [6.45, 7) is 2.07. The van der Waals surface area contributed by atoms with Crippen molar-refractivity contribution in [3.05, 3.63) is 0 Å². The van der Waals surface area contributed by atoms with E-state index in [0.29, 0.717) is 11.8 Å². The quantitative estimate of drug-likeness (QED) is 0.338. The molecule has 0 aliphatic carbocycles. The Hall–Kier alpha value is 0.0900. The molecule has 0 rings (SSSR count). The maximum atomic E-state index is 10.9. The predicted molar refractivity (Wildman–Crippen MR) is 56.0 cm³/mol. The van der Waals surface area contributed by atoms with Crippen LogP contribution in [0.4, 0.5) is 0 Å². The topological polar surface area (TPSA) is 81.6 Å². The van der Waals surface area contributed by atoms with Crippen LogP contribution in [0.2, 0.25) is 0 Å². The fourth-order valence-electron chi connectivity index (χ4n) is 0.529. The zero-order chi connectivity index (χ0) is 10.3. The van der Waals surface area contributed by atoms with Gasteiger partial charge in [0.15, 0.2) is 6.04 Å². The Morgan fingerprint density at radius 1 is 1.38 bits per heavy atom. The van der Waals surface area contributed by atoms with E-state index in [1.54, 1.807) is 21.6 Å². The summed E-state index contributed by atoms with van der Waals surface area (Å²) in [4.78, 5) is 10.9. The smallest absolute Gasteiger partial charge is 0.365 e. The lowest BCUT2D eigenvalue weighted by atomic mass is 10.4. The van der Waals surface area contributed by atoms with Gasteiger partial charge in [-0.05, 0) is 6.92 Å². The molecule has 2 unspecified atom stereocenters. The highest BCUT2D eigenvalue weighted by Gasteiger charge is 2.17. The third-order valence-electron chi connectivity index (χ3n) is 1.24. The van der Waals surface area contributed by atoms with Crippen LogP contribution < -0.4 is 11.5 Å². The molecule has 0 aliphatic heterocycles. The molecule has 0 radical (unpaired) electrons. The molecule has 78 valence electrons. The van der Waals surface area contributed by atoms with Gasteiger partial charge in [-0.25, -0.2) is 4.79 Å². The van der Waals surface area contributed by atoms with Crippen molar-refractivity contribution >= 4 is 27.6 Å². The number of ether oxygens (including phenoxy) is 1. The van der Waals surface area contributed by atoms with Gasteiger partial charge < -0.3 is 16.2 Å². The lowest BCUT2D eigenvalue weighted by Gasteiger charge is -2.05. The van der Waals surface area contributed by atoms with Crippen molar-refractivity contribution in [2.45, 2.75) is 19.0 Å². The van der Waals surface area contributed by atoms with E-state index < -0.39 is 0 Å². The van der Waals surface area contributed by atoms with Crippen LogP contribution in [0.3, 0.4) is 0 Å². The number of hydrogen-bond donors (Lipinski definition) is 2. The van der Waals surface area contributed by atoms with Crippen LogP contribution in [0.5, 0.6) is 0 Å². The minimum Gasteiger partial charge on any atom is -0.465 e. The van der Waals surface area contributed by atoms with E-state index in [9.17, 15) is 4.79 Å². The van der Waals surface area contributed by atoms with E-state index in [4.69, 9.17) is 0 Å². The molecule has 0 heterocycles. The molecule has 6 N–H and O–H groups in total. The van der Waals surface area contributed by atoms with Crippen molar-refractivity contribution < 1.29 is 21.0 Å². The first kappa shape index (κ1) is 13.1. The van der Waals surface area contributed by atoms with Crippen molar-refractivity contribution in [3.63, 3.8) is 0 Å². The van der Waals surface area contributed by atoms with Crippen LogP contribution in [-0.2, 0) is 9.53 Å². The molecule has 0 aliphatic rings. The largest absolute Gasteiger partial charge is 0.465 e. The van der Waals surface area contributed by atoms with E-state index >= 15 is 0 Å². The molecular weight excluding hydrogens is 208 g/mol. The highest BCUT2D eigenvalue weighted by Crippen LogP contribution is 2.21. The molecule has 0 amide bonds. The summed E-state index contributed by atoms with van der Waals surface area (Å²) in [7, 11) is 4.76. The van der Waals surface area contributed by atoms with Gasteiger partial charge in [-0.3, -0.25) is 0 Å². The summed E-state index contributed by atoms with van der Waals surface area (Å²) in [5.41, 5.74) is 7.57. The first-order chi connectivity index (χ1) is 6.07. The second-order valence-corrected chi connectivity index (χ2v) is 5.45. The van der Waals surface area contributed by atoms with Crippen molar-refractivity contribution in [2.75, 3.05) is 18.6 Å². The van der Waals surface area contributed by atoms with E-state index in [2.05, 4.69) is 23.1 Å². The van der Waals surface area contributed by atoms with Gasteiger partial charge in [-0.1, -0.05) is 21.6 Å². The van der Waals surface area contributed by atoms with Crippen LogP contribution >= 0.6 is 21.6 Å². The standard InChI is InChI=1S/C7H16N2O2S2/c1-5(8)3-12-13-4-6(9)7(10)11-2/h5-6H,3-4,8-9H2,1-2H3/p+2. The normalized spacial score (nSPS) is 15.1. The molecule has 0 bridgehead atoms. The fraction of sp³-hybridized carbons (Fsp3) is 0.857. The van der Waals surface area contributed by atoms with Gasteiger partial charge in [0.25, 0.3) is 0 Å². The maximum Gasteiger partial charge on any atom is 0.365 e. The van der Waals surface area contributed by atoms with Gasteiger partial charge >= 0.3 is 5.97 Å². The summed E-state index contributed by atoms with van der Waals surface area (Å²) >= 11 is 0. The molecule has 0 aromatic heterocycles. The summed E-state index contributed by atoms with van der Waals surface area (Å²) in [5, 5.41) is 0. The van der Waals surface area contributed by atoms with Crippen LogP contribution in [-0.4, -0.2) is 36.7 Å². The Labute approximate surface area is 86.5 Å². The second kappa shape index (κ2) is 7.49. The minimum atomic E-state index is -0.261. The van der Waals surface area contributed by atoms with Crippen molar-refractivity contribution in [1.29, 1.82) is 0 Å². The Morgan fingerprint density at radius 2 is 1.92 bits per heavy atom.